The second-order valence-electron chi connectivity index (χ2n) is 6.33. The lowest BCUT2D eigenvalue weighted by Crippen LogP contribution is -2.05. The van der Waals surface area contributed by atoms with Crippen LogP contribution in [-0.2, 0) is 0 Å². The van der Waals surface area contributed by atoms with Gasteiger partial charge in [0.25, 0.3) is 0 Å². The summed E-state index contributed by atoms with van der Waals surface area (Å²) >= 11 is 0. The smallest absolute Gasteiger partial charge is 0.249 e. The minimum absolute atomic E-state index is 0.0159. The fourth-order valence-corrected chi connectivity index (χ4v) is 2.87. The molecule has 0 saturated carbocycles. The van der Waals surface area contributed by atoms with Crippen molar-refractivity contribution in [2.75, 3.05) is 10.6 Å². The van der Waals surface area contributed by atoms with Crippen molar-refractivity contribution in [1.29, 1.82) is 0 Å². The van der Waals surface area contributed by atoms with Gasteiger partial charge in [-0.05, 0) is 51.0 Å². The Morgan fingerprint density at radius 1 is 1.00 bits per heavy atom. The van der Waals surface area contributed by atoms with Crippen molar-refractivity contribution in [1.82, 2.24) is 15.2 Å². The standard InChI is InChI=1S/C20H21N5O/c1-12-8-13(2)19(14(3)9-12)24-20-23-18(11-21-25-20)22-17-7-5-6-16(10-17)15(4)26/h5-11H,1-4H3,(H2,22,23,24,25). The highest BCUT2D eigenvalue weighted by Crippen LogP contribution is 2.25. The molecular formula is C20H21N5O. The summed E-state index contributed by atoms with van der Waals surface area (Å²) in [5.41, 5.74) is 5.85. The number of hydrogen-bond acceptors (Lipinski definition) is 6. The molecule has 3 rings (SSSR count). The fourth-order valence-electron chi connectivity index (χ4n) is 2.87. The summed E-state index contributed by atoms with van der Waals surface area (Å²) in [5.74, 6) is 0.973. The highest BCUT2D eigenvalue weighted by atomic mass is 16.1. The Hall–Kier alpha value is -3.28. The molecule has 2 N–H and O–H groups in total. The first-order valence-electron chi connectivity index (χ1n) is 8.35. The van der Waals surface area contributed by atoms with Crippen LogP contribution in [-0.4, -0.2) is 21.0 Å². The van der Waals surface area contributed by atoms with Crippen molar-refractivity contribution in [3.63, 3.8) is 0 Å². The Morgan fingerprint density at radius 2 is 1.73 bits per heavy atom. The molecule has 132 valence electrons. The molecule has 0 unspecified atom stereocenters. The van der Waals surface area contributed by atoms with Gasteiger partial charge >= 0.3 is 0 Å². The number of aryl methyl sites for hydroxylation is 3. The van der Waals surface area contributed by atoms with Crippen molar-refractivity contribution in [3.05, 3.63) is 64.8 Å². The van der Waals surface area contributed by atoms with Crippen molar-refractivity contribution in [3.8, 4) is 0 Å². The summed E-state index contributed by atoms with van der Waals surface area (Å²) in [5, 5.41) is 14.5. The molecule has 0 aliphatic carbocycles. The minimum atomic E-state index is 0.0159. The molecule has 0 fully saturated rings. The van der Waals surface area contributed by atoms with Gasteiger partial charge in [0.15, 0.2) is 11.6 Å². The SMILES string of the molecule is CC(=O)c1cccc(Nc2cnnc(Nc3c(C)cc(C)cc3C)n2)c1. The third kappa shape index (κ3) is 4.03. The van der Waals surface area contributed by atoms with E-state index in [1.54, 1.807) is 25.3 Å². The lowest BCUT2D eigenvalue weighted by Gasteiger charge is -2.13. The normalized spacial score (nSPS) is 10.5. The zero-order valence-corrected chi connectivity index (χ0v) is 15.3. The Balaban J connectivity index is 1.83. The number of hydrogen-bond donors (Lipinski definition) is 2. The van der Waals surface area contributed by atoms with Crippen molar-refractivity contribution in [2.45, 2.75) is 27.7 Å². The van der Waals surface area contributed by atoms with E-state index in [2.05, 4.69) is 44.9 Å². The van der Waals surface area contributed by atoms with Gasteiger partial charge in [0.1, 0.15) is 0 Å². The summed E-state index contributed by atoms with van der Waals surface area (Å²) < 4.78 is 0. The lowest BCUT2D eigenvalue weighted by atomic mass is 10.1. The van der Waals surface area contributed by atoms with Gasteiger partial charge in [0.05, 0.1) is 6.20 Å². The van der Waals surface area contributed by atoms with E-state index in [-0.39, 0.29) is 5.78 Å². The van der Waals surface area contributed by atoms with Crippen molar-refractivity contribution in [2.24, 2.45) is 0 Å². The average molecular weight is 347 g/mol. The van der Waals surface area contributed by atoms with Crippen molar-refractivity contribution >= 4 is 28.9 Å². The Kier molecular flexibility index (Phi) is 4.93. The molecule has 0 atom stereocenters. The molecule has 3 aromatic rings. The summed E-state index contributed by atoms with van der Waals surface area (Å²) in [7, 11) is 0. The number of ketones is 1. The number of rotatable bonds is 5. The van der Waals surface area contributed by atoms with Gasteiger partial charge in [0, 0.05) is 16.9 Å². The third-order valence-corrected chi connectivity index (χ3v) is 4.01. The second-order valence-corrected chi connectivity index (χ2v) is 6.33. The van der Waals surface area contributed by atoms with Crippen LogP contribution < -0.4 is 10.6 Å². The minimum Gasteiger partial charge on any atom is -0.339 e. The van der Waals surface area contributed by atoms with Crippen LogP contribution in [0.1, 0.15) is 34.0 Å². The third-order valence-electron chi connectivity index (χ3n) is 4.01. The zero-order chi connectivity index (χ0) is 18.7. The number of nitrogens with one attached hydrogen (secondary N) is 2. The van der Waals surface area contributed by atoms with E-state index in [0.29, 0.717) is 17.3 Å². The van der Waals surface area contributed by atoms with E-state index in [4.69, 9.17) is 0 Å². The molecule has 26 heavy (non-hydrogen) atoms. The van der Waals surface area contributed by atoms with Gasteiger partial charge in [-0.1, -0.05) is 29.8 Å². The molecular weight excluding hydrogens is 326 g/mol. The summed E-state index contributed by atoms with van der Waals surface area (Å²) in [6, 6.07) is 11.5. The number of anilines is 4. The Labute approximate surface area is 152 Å². The van der Waals surface area contributed by atoms with E-state index in [1.165, 1.54) is 5.56 Å². The molecule has 1 aromatic heterocycles. The van der Waals surface area contributed by atoms with E-state index in [1.807, 2.05) is 26.0 Å². The first kappa shape index (κ1) is 17.5. The zero-order valence-electron chi connectivity index (χ0n) is 15.3. The van der Waals surface area contributed by atoms with Crippen LogP contribution in [0.15, 0.2) is 42.6 Å². The van der Waals surface area contributed by atoms with Gasteiger partial charge < -0.3 is 10.6 Å². The quantitative estimate of drug-likeness (QED) is 0.662. The van der Waals surface area contributed by atoms with Crippen LogP contribution in [0.4, 0.5) is 23.1 Å². The lowest BCUT2D eigenvalue weighted by molar-refractivity contribution is 0.101. The van der Waals surface area contributed by atoms with Crippen LogP contribution in [0.3, 0.4) is 0 Å². The van der Waals surface area contributed by atoms with Gasteiger partial charge in [-0.3, -0.25) is 4.79 Å². The maximum atomic E-state index is 11.5. The summed E-state index contributed by atoms with van der Waals surface area (Å²) in [6.45, 7) is 7.71. The van der Waals surface area contributed by atoms with Crippen LogP contribution in [0.5, 0.6) is 0 Å². The number of carbonyl (C=O) groups excluding carboxylic acids is 1. The monoisotopic (exact) mass is 347 g/mol. The van der Waals surface area contributed by atoms with E-state index >= 15 is 0 Å². The molecule has 0 amide bonds. The number of nitrogens with zero attached hydrogens (tertiary/aromatic N) is 3. The summed E-state index contributed by atoms with van der Waals surface area (Å²) in [4.78, 5) is 16.0. The second kappa shape index (κ2) is 7.31. The largest absolute Gasteiger partial charge is 0.339 e. The molecule has 0 aliphatic rings. The first-order valence-corrected chi connectivity index (χ1v) is 8.35. The molecule has 6 heteroatoms. The first-order chi connectivity index (χ1) is 12.4. The molecule has 0 bridgehead atoms. The number of Topliss-reactive ketones (excluding diaryl/α,β-unsaturated/α-hetero) is 1. The van der Waals surface area contributed by atoms with Crippen LogP contribution in [0.25, 0.3) is 0 Å². The number of carbonyl (C=O) groups is 1. The predicted octanol–water partition coefficient (Wildman–Crippen LogP) is 4.49. The number of benzene rings is 2. The molecule has 1 heterocycles. The molecule has 0 radical (unpaired) electrons. The van der Waals surface area contributed by atoms with Gasteiger partial charge in [-0.15, -0.1) is 5.10 Å². The topological polar surface area (TPSA) is 79.8 Å². The Morgan fingerprint density at radius 3 is 2.42 bits per heavy atom. The average Bonchev–Trinajstić information content (AvgIpc) is 2.58. The Bertz CT molecular complexity index is 945. The summed E-state index contributed by atoms with van der Waals surface area (Å²) in [6.07, 6.45) is 1.54. The van der Waals surface area contributed by atoms with Crippen LogP contribution in [0.2, 0.25) is 0 Å². The fraction of sp³-hybridized carbons (Fsp3) is 0.200. The van der Waals surface area contributed by atoms with Crippen LogP contribution >= 0.6 is 0 Å². The molecule has 0 aliphatic heterocycles. The van der Waals surface area contributed by atoms with E-state index in [9.17, 15) is 4.79 Å². The maximum absolute atomic E-state index is 11.5. The predicted molar refractivity (Wildman–Crippen MR) is 103 cm³/mol. The molecule has 2 aromatic carbocycles. The van der Waals surface area contributed by atoms with Gasteiger partial charge in [0.2, 0.25) is 5.95 Å². The van der Waals surface area contributed by atoms with E-state index < -0.39 is 0 Å². The molecule has 0 saturated heterocycles. The van der Waals surface area contributed by atoms with Crippen molar-refractivity contribution < 1.29 is 4.79 Å². The molecule has 0 spiro atoms. The highest BCUT2D eigenvalue weighted by Gasteiger charge is 2.08. The molecule has 6 nitrogen and oxygen atoms in total. The van der Waals surface area contributed by atoms with E-state index in [0.717, 1.165) is 22.5 Å². The van der Waals surface area contributed by atoms with Crippen LogP contribution in [0, 0.1) is 20.8 Å². The highest BCUT2D eigenvalue weighted by molar-refractivity contribution is 5.95. The van der Waals surface area contributed by atoms with Gasteiger partial charge in [-0.2, -0.15) is 10.1 Å². The number of aromatic nitrogens is 3. The van der Waals surface area contributed by atoms with Gasteiger partial charge in [-0.25, -0.2) is 0 Å². The maximum Gasteiger partial charge on any atom is 0.249 e.